The predicted molar refractivity (Wildman–Crippen MR) is 64.9 cm³/mol. The molecule has 2 heterocycles. The quantitative estimate of drug-likeness (QED) is 0.662. The Kier molecular flexibility index (Phi) is 2.35. The van der Waals surface area contributed by atoms with Gasteiger partial charge in [-0.2, -0.15) is 0 Å². The zero-order valence-electron chi connectivity index (χ0n) is 9.70. The van der Waals surface area contributed by atoms with E-state index in [9.17, 15) is 0 Å². The van der Waals surface area contributed by atoms with E-state index < -0.39 is 0 Å². The van der Waals surface area contributed by atoms with Gasteiger partial charge in [-0.15, -0.1) is 0 Å². The molecule has 0 bridgehead atoms. The maximum atomic E-state index is 4.56. The van der Waals surface area contributed by atoms with Crippen molar-refractivity contribution in [3.05, 3.63) is 40.9 Å². The van der Waals surface area contributed by atoms with Crippen LogP contribution in [-0.4, -0.2) is 10.3 Å². The molecule has 0 saturated carbocycles. The topological polar surface area (TPSA) is 17.3 Å². The molecule has 0 aliphatic carbocycles. The molecule has 2 heteroatoms. The van der Waals surface area contributed by atoms with E-state index in [4.69, 9.17) is 0 Å². The lowest BCUT2D eigenvalue weighted by Crippen LogP contribution is -1.89. The second kappa shape index (κ2) is 3.54. The average molecular weight is 200 g/mol. The first-order chi connectivity index (χ1) is 7.09. The van der Waals surface area contributed by atoms with E-state index in [2.05, 4.69) is 42.5 Å². The molecule has 2 rings (SSSR count). The van der Waals surface area contributed by atoms with Crippen molar-refractivity contribution in [1.29, 1.82) is 0 Å². The van der Waals surface area contributed by atoms with E-state index in [1.165, 1.54) is 16.8 Å². The molecule has 78 valence electrons. The molecule has 0 atom stereocenters. The smallest absolute Gasteiger partial charge is 0.0686 e. The molecular weight excluding hydrogens is 184 g/mol. The molecule has 1 aliphatic heterocycles. The number of nitrogens with zero attached hydrogens (tertiary/aromatic N) is 2. The standard InChI is InChI=1S/C13H16N2/c1-9-10(2)13(14-11(9)3)8-12-6-5-7-15(12)4/h5-8H,1-4H3. The monoisotopic (exact) mass is 200 g/mol. The third kappa shape index (κ3) is 1.67. The molecule has 0 saturated heterocycles. The highest BCUT2D eigenvalue weighted by molar-refractivity contribution is 6.03. The minimum Gasteiger partial charge on any atom is -0.351 e. The second-order valence-corrected chi connectivity index (χ2v) is 4.02. The molecule has 1 aliphatic rings. The summed E-state index contributed by atoms with van der Waals surface area (Å²) in [4.78, 5) is 4.56. The third-order valence-corrected chi connectivity index (χ3v) is 3.05. The van der Waals surface area contributed by atoms with Crippen LogP contribution in [0.2, 0.25) is 0 Å². The summed E-state index contributed by atoms with van der Waals surface area (Å²) in [6.07, 6.45) is 4.18. The van der Waals surface area contributed by atoms with Gasteiger partial charge in [-0.25, -0.2) is 0 Å². The van der Waals surface area contributed by atoms with E-state index >= 15 is 0 Å². The van der Waals surface area contributed by atoms with E-state index in [-0.39, 0.29) is 0 Å². The number of hydrogen-bond donors (Lipinski definition) is 0. The van der Waals surface area contributed by atoms with Gasteiger partial charge in [-0.3, -0.25) is 4.99 Å². The summed E-state index contributed by atoms with van der Waals surface area (Å²) in [6.45, 7) is 6.31. The molecule has 1 aromatic rings. The molecule has 0 spiro atoms. The minimum atomic E-state index is 1.09. The van der Waals surface area contributed by atoms with E-state index in [0.717, 1.165) is 11.4 Å². The summed E-state index contributed by atoms with van der Waals surface area (Å²) in [5.74, 6) is 0. The van der Waals surface area contributed by atoms with Crippen LogP contribution in [0.25, 0.3) is 6.08 Å². The van der Waals surface area contributed by atoms with Crippen LogP contribution in [0.15, 0.2) is 40.2 Å². The van der Waals surface area contributed by atoms with Gasteiger partial charge in [0.1, 0.15) is 0 Å². The maximum Gasteiger partial charge on any atom is 0.0686 e. The van der Waals surface area contributed by atoms with Crippen LogP contribution < -0.4 is 0 Å². The number of aliphatic imine (C=N–C) groups is 1. The maximum absolute atomic E-state index is 4.56. The van der Waals surface area contributed by atoms with Gasteiger partial charge in [0, 0.05) is 24.7 Å². The van der Waals surface area contributed by atoms with E-state index in [1.54, 1.807) is 0 Å². The Morgan fingerprint density at radius 2 is 1.93 bits per heavy atom. The summed E-state index contributed by atoms with van der Waals surface area (Å²) >= 11 is 0. The Morgan fingerprint density at radius 3 is 2.40 bits per heavy atom. The molecule has 0 fully saturated rings. The molecule has 0 unspecified atom stereocenters. The normalized spacial score (nSPS) is 18.9. The van der Waals surface area contributed by atoms with Gasteiger partial charge in [0.25, 0.3) is 0 Å². The highest BCUT2D eigenvalue weighted by atomic mass is 14.9. The zero-order chi connectivity index (χ0) is 11.0. The van der Waals surface area contributed by atoms with Crippen LogP contribution in [0, 0.1) is 0 Å². The lowest BCUT2D eigenvalue weighted by Gasteiger charge is -1.99. The molecule has 0 N–H and O–H groups in total. The van der Waals surface area contributed by atoms with Crippen molar-refractivity contribution in [2.75, 3.05) is 0 Å². The largest absolute Gasteiger partial charge is 0.351 e. The van der Waals surface area contributed by atoms with Crippen molar-refractivity contribution in [3.8, 4) is 0 Å². The van der Waals surface area contributed by atoms with Crippen molar-refractivity contribution in [2.45, 2.75) is 20.8 Å². The Balaban J connectivity index is 2.43. The Morgan fingerprint density at radius 1 is 1.20 bits per heavy atom. The third-order valence-electron chi connectivity index (χ3n) is 3.05. The van der Waals surface area contributed by atoms with E-state index in [0.29, 0.717) is 0 Å². The molecule has 0 amide bonds. The zero-order valence-corrected chi connectivity index (χ0v) is 9.70. The summed E-state index contributed by atoms with van der Waals surface area (Å²) in [5, 5.41) is 0. The minimum absolute atomic E-state index is 1.09. The lowest BCUT2D eigenvalue weighted by molar-refractivity contribution is 0.913. The molecule has 0 radical (unpaired) electrons. The Bertz CT molecular complexity index is 484. The van der Waals surface area contributed by atoms with Crippen molar-refractivity contribution >= 4 is 11.8 Å². The van der Waals surface area contributed by atoms with Gasteiger partial charge in [0.2, 0.25) is 0 Å². The SMILES string of the molecule is CC1=NC(=Cc2cccn2C)C(C)=C1C. The average Bonchev–Trinajstić information content (AvgIpc) is 2.69. The Hall–Kier alpha value is -1.57. The number of allylic oxidation sites excluding steroid dienone is 2. The van der Waals surface area contributed by atoms with E-state index in [1.807, 2.05) is 19.3 Å². The lowest BCUT2D eigenvalue weighted by atomic mass is 10.1. The van der Waals surface area contributed by atoms with Gasteiger partial charge in [0.05, 0.1) is 5.70 Å². The highest BCUT2D eigenvalue weighted by Gasteiger charge is 2.13. The molecule has 0 aromatic carbocycles. The highest BCUT2D eigenvalue weighted by Crippen LogP contribution is 2.26. The first-order valence-corrected chi connectivity index (χ1v) is 5.16. The number of aromatic nitrogens is 1. The summed E-state index contributed by atoms with van der Waals surface area (Å²) in [6, 6.07) is 4.14. The number of hydrogen-bond acceptors (Lipinski definition) is 1. The molecule has 2 nitrogen and oxygen atoms in total. The van der Waals surface area contributed by atoms with Crippen molar-refractivity contribution < 1.29 is 0 Å². The number of aryl methyl sites for hydroxylation is 1. The fraction of sp³-hybridized carbons (Fsp3) is 0.308. The van der Waals surface area contributed by atoms with Crippen molar-refractivity contribution in [3.63, 3.8) is 0 Å². The van der Waals surface area contributed by atoms with Crippen LogP contribution in [0.3, 0.4) is 0 Å². The van der Waals surface area contributed by atoms with Crippen LogP contribution in [0.4, 0.5) is 0 Å². The predicted octanol–water partition coefficient (Wildman–Crippen LogP) is 3.18. The van der Waals surface area contributed by atoms with Gasteiger partial charge >= 0.3 is 0 Å². The Labute approximate surface area is 90.6 Å². The first-order valence-electron chi connectivity index (χ1n) is 5.16. The van der Waals surface area contributed by atoms with Gasteiger partial charge in [0.15, 0.2) is 0 Å². The van der Waals surface area contributed by atoms with Crippen molar-refractivity contribution in [1.82, 2.24) is 4.57 Å². The van der Waals surface area contributed by atoms with Gasteiger partial charge in [-0.05, 0) is 50.1 Å². The second-order valence-electron chi connectivity index (χ2n) is 4.02. The van der Waals surface area contributed by atoms with Crippen molar-refractivity contribution in [2.24, 2.45) is 12.0 Å². The van der Waals surface area contributed by atoms with Crippen LogP contribution in [0.1, 0.15) is 26.5 Å². The summed E-state index contributed by atoms with van der Waals surface area (Å²) in [7, 11) is 2.05. The fourth-order valence-corrected chi connectivity index (χ4v) is 1.72. The molecule has 15 heavy (non-hydrogen) atoms. The van der Waals surface area contributed by atoms with Crippen LogP contribution >= 0.6 is 0 Å². The van der Waals surface area contributed by atoms with Gasteiger partial charge in [-0.1, -0.05) is 0 Å². The summed E-state index contributed by atoms with van der Waals surface area (Å²) < 4.78 is 2.10. The van der Waals surface area contributed by atoms with Crippen LogP contribution in [-0.2, 0) is 7.05 Å². The van der Waals surface area contributed by atoms with Crippen LogP contribution in [0.5, 0.6) is 0 Å². The first kappa shape index (κ1) is 9.97. The number of rotatable bonds is 1. The molecule has 1 aromatic heterocycles. The summed E-state index contributed by atoms with van der Waals surface area (Å²) in [5.41, 5.74) is 6.00. The fourth-order valence-electron chi connectivity index (χ4n) is 1.72. The molecular formula is C13H16N2. The van der Waals surface area contributed by atoms with Gasteiger partial charge < -0.3 is 4.57 Å².